The van der Waals surface area contributed by atoms with Gasteiger partial charge in [-0.3, -0.25) is 24.1 Å². The molecule has 4 aliphatic rings. The van der Waals surface area contributed by atoms with E-state index in [4.69, 9.17) is 16.3 Å². The molecule has 2 heterocycles. The molecule has 0 spiro atoms. The maximum Gasteiger partial charge on any atom is 0.246 e. The number of halogens is 1. The van der Waals surface area contributed by atoms with Crippen molar-refractivity contribution < 1.29 is 29.0 Å². The smallest absolute Gasteiger partial charge is 0.246 e. The molecule has 2 saturated heterocycles. The van der Waals surface area contributed by atoms with E-state index in [9.17, 15) is 19.5 Å². The molecule has 0 radical (unpaired) electrons. The Hall–Kier alpha value is -5.21. The average molecular weight is 687 g/mol. The minimum Gasteiger partial charge on any atom is -0.508 e. The zero-order valence-electron chi connectivity index (χ0n) is 27.6. The van der Waals surface area contributed by atoms with Crippen molar-refractivity contribution >= 4 is 46.6 Å². The summed E-state index contributed by atoms with van der Waals surface area (Å²) < 4.78 is 5.85. The van der Waals surface area contributed by atoms with Crippen molar-refractivity contribution in [2.75, 3.05) is 16.9 Å². The van der Waals surface area contributed by atoms with E-state index < -0.39 is 46.8 Å². The number of nitrogens with zero attached hydrogens (tertiary/aromatic N) is 2. The van der Waals surface area contributed by atoms with E-state index in [2.05, 4.69) is 0 Å². The van der Waals surface area contributed by atoms with Gasteiger partial charge < -0.3 is 9.84 Å². The lowest BCUT2D eigenvalue weighted by Gasteiger charge is -2.51. The lowest BCUT2D eigenvalue weighted by Crippen LogP contribution is -2.53. The fourth-order valence-electron chi connectivity index (χ4n) is 9.16. The molecule has 8 rings (SSSR count). The molecule has 3 fully saturated rings. The van der Waals surface area contributed by atoms with Crippen molar-refractivity contribution in [3.05, 3.63) is 130 Å². The first-order chi connectivity index (χ1) is 24.2. The van der Waals surface area contributed by atoms with Crippen LogP contribution in [0.25, 0.3) is 0 Å². The van der Waals surface area contributed by atoms with Gasteiger partial charge in [-0.15, -0.1) is 0 Å². The van der Waals surface area contributed by atoms with E-state index in [1.165, 1.54) is 23.0 Å². The Morgan fingerprint density at radius 2 is 1.58 bits per heavy atom. The summed E-state index contributed by atoms with van der Waals surface area (Å²) in [4.78, 5) is 61.4. The lowest BCUT2D eigenvalue weighted by atomic mass is 9.49. The monoisotopic (exact) mass is 686 g/mol. The third-order valence-electron chi connectivity index (χ3n) is 11.3. The van der Waals surface area contributed by atoms with Gasteiger partial charge in [0.1, 0.15) is 11.5 Å². The molecular weight excluding hydrogens is 652 g/mol. The lowest BCUT2D eigenvalue weighted by molar-refractivity contribution is -0.127. The molecule has 2 aliphatic heterocycles. The molecule has 6 atom stereocenters. The van der Waals surface area contributed by atoms with E-state index in [0.717, 1.165) is 17.6 Å². The van der Waals surface area contributed by atoms with Crippen LogP contribution in [0.15, 0.2) is 109 Å². The number of ether oxygens (including phenoxy) is 1. The normalized spacial score (nSPS) is 27.2. The first-order valence-corrected chi connectivity index (χ1v) is 17.3. The molecule has 0 aromatic heterocycles. The Kier molecular flexibility index (Phi) is 7.68. The van der Waals surface area contributed by atoms with Gasteiger partial charge in [-0.2, -0.15) is 0 Å². The van der Waals surface area contributed by atoms with E-state index in [1.54, 1.807) is 36.4 Å². The van der Waals surface area contributed by atoms with Crippen molar-refractivity contribution in [2.45, 2.75) is 37.5 Å². The highest BCUT2D eigenvalue weighted by Crippen LogP contribution is 2.65. The number of carbonyl (C=O) groups is 4. The molecule has 4 aromatic rings. The molecule has 9 heteroatoms. The molecule has 252 valence electrons. The van der Waals surface area contributed by atoms with Crippen LogP contribution < -0.4 is 14.5 Å². The molecule has 1 saturated carbocycles. The van der Waals surface area contributed by atoms with Crippen molar-refractivity contribution in [3.8, 4) is 11.5 Å². The minimum absolute atomic E-state index is 0.0170. The van der Waals surface area contributed by atoms with Crippen LogP contribution >= 0.6 is 11.6 Å². The average Bonchev–Trinajstić information content (AvgIpc) is 3.52. The van der Waals surface area contributed by atoms with Crippen molar-refractivity contribution in [1.29, 1.82) is 0 Å². The summed E-state index contributed by atoms with van der Waals surface area (Å²) in [5.74, 6) is -4.56. The largest absolute Gasteiger partial charge is 0.508 e. The quantitative estimate of drug-likeness (QED) is 0.173. The second-order valence-electron chi connectivity index (χ2n) is 13.6. The number of hydrogen-bond donors (Lipinski definition) is 1. The second-order valence-corrected chi connectivity index (χ2v) is 14.0. The van der Waals surface area contributed by atoms with Crippen LogP contribution in [0, 0.1) is 23.7 Å². The Morgan fingerprint density at radius 3 is 2.28 bits per heavy atom. The highest BCUT2D eigenvalue weighted by atomic mass is 35.5. The number of rotatable bonds is 6. The number of amides is 4. The predicted octanol–water partition coefficient (Wildman–Crippen LogP) is 6.98. The van der Waals surface area contributed by atoms with Crippen LogP contribution in [-0.2, 0) is 31.0 Å². The number of hydrogen-bond acceptors (Lipinski definition) is 6. The van der Waals surface area contributed by atoms with Crippen molar-refractivity contribution in [1.82, 2.24) is 0 Å². The van der Waals surface area contributed by atoms with Gasteiger partial charge in [-0.25, -0.2) is 4.90 Å². The van der Waals surface area contributed by atoms with E-state index in [-0.39, 0.29) is 24.0 Å². The number of aromatic hydroxyl groups is 1. The van der Waals surface area contributed by atoms with Gasteiger partial charge in [-0.05, 0) is 72.7 Å². The standard InChI is InChI=1S/C41H35ClN2O6/c1-3-23-12-14-26(15-13-23)43-37(46)31-19-18-29-32(35(31)39(43)48)22-33-38(47)44(27-11-7-10-25(42)20-27)40(49)41(33,24-8-5-4-6-9-24)36(29)30-17-16-28(45)21-34(30)50-2/h4-18,20-21,31-33,35-36,45H,3,19,22H2,1-2H3/t31-,32+,33-,35-,36+,41+/m0/s1. The fraction of sp³-hybridized carbons (Fsp3) is 0.268. The number of benzene rings is 4. The van der Waals surface area contributed by atoms with Crippen LogP contribution in [0.4, 0.5) is 11.4 Å². The molecule has 0 unspecified atom stereocenters. The van der Waals surface area contributed by atoms with Crippen LogP contribution in [0.2, 0.25) is 5.02 Å². The number of fused-ring (bicyclic) bond motifs is 4. The van der Waals surface area contributed by atoms with Gasteiger partial charge in [0.05, 0.1) is 41.7 Å². The first-order valence-electron chi connectivity index (χ1n) is 16.9. The summed E-state index contributed by atoms with van der Waals surface area (Å²) in [5, 5.41) is 10.9. The van der Waals surface area contributed by atoms with Gasteiger partial charge in [-0.1, -0.05) is 84.8 Å². The molecule has 4 aromatic carbocycles. The van der Waals surface area contributed by atoms with Crippen LogP contribution in [0.5, 0.6) is 11.5 Å². The Morgan fingerprint density at radius 1 is 0.820 bits per heavy atom. The summed E-state index contributed by atoms with van der Waals surface area (Å²) in [6.45, 7) is 2.05. The zero-order chi connectivity index (χ0) is 34.9. The molecule has 50 heavy (non-hydrogen) atoms. The van der Waals surface area contributed by atoms with Gasteiger partial charge in [0.25, 0.3) is 0 Å². The topological polar surface area (TPSA) is 104 Å². The van der Waals surface area contributed by atoms with Crippen molar-refractivity contribution in [3.63, 3.8) is 0 Å². The SMILES string of the molecule is CCc1ccc(N2C(=O)[C@H]3[C@H](CC=C4[C@H]3C[C@H]3C(=O)N(c5cccc(Cl)c5)C(=O)[C@@]3(c3ccccc3)[C@H]4c3ccc(O)cc3OC)C2=O)cc1. The fourth-order valence-corrected chi connectivity index (χ4v) is 9.35. The third-order valence-corrected chi connectivity index (χ3v) is 11.5. The number of phenols is 1. The van der Waals surface area contributed by atoms with Gasteiger partial charge >= 0.3 is 0 Å². The number of allylic oxidation sites excluding steroid dienone is 2. The number of phenolic OH excluding ortho intramolecular Hbond substituents is 1. The van der Waals surface area contributed by atoms with E-state index >= 15 is 4.79 Å². The second kappa shape index (κ2) is 12.0. The van der Waals surface area contributed by atoms with E-state index in [1.807, 2.05) is 67.6 Å². The van der Waals surface area contributed by atoms with Crippen LogP contribution in [0.1, 0.15) is 42.4 Å². The number of anilines is 2. The molecule has 0 bridgehead atoms. The van der Waals surface area contributed by atoms with Gasteiger partial charge in [0.15, 0.2) is 0 Å². The maximum absolute atomic E-state index is 15.4. The Bertz CT molecular complexity index is 2100. The predicted molar refractivity (Wildman–Crippen MR) is 189 cm³/mol. The summed E-state index contributed by atoms with van der Waals surface area (Å²) in [7, 11) is 1.50. The third kappa shape index (κ3) is 4.51. The van der Waals surface area contributed by atoms with Crippen LogP contribution in [-0.4, -0.2) is 35.8 Å². The highest BCUT2D eigenvalue weighted by Gasteiger charge is 2.70. The Labute approximate surface area is 294 Å². The number of methoxy groups -OCH3 is 1. The first kappa shape index (κ1) is 32.0. The Balaban J connectivity index is 1.35. The summed E-state index contributed by atoms with van der Waals surface area (Å²) >= 11 is 6.40. The maximum atomic E-state index is 15.4. The number of aryl methyl sites for hydroxylation is 1. The summed E-state index contributed by atoms with van der Waals surface area (Å²) in [6, 6.07) is 28.3. The summed E-state index contributed by atoms with van der Waals surface area (Å²) in [6.07, 6.45) is 3.33. The molecule has 8 nitrogen and oxygen atoms in total. The van der Waals surface area contributed by atoms with E-state index in [0.29, 0.717) is 39.7 Å². The minimum atomic E-state index is -1.44. The molecule has 2 aliphatic carbocycles. The number of carbonyl (C=O) groups excluding carboxylic acids is 4. The van der Waals surface area contributed by atoms with Crippen LogP contribution in [0.3, 0.4) is 0 Å². The molecule has 4 amide bonds. The van der Waals surface area contributed by atoms with Crippen molar-refractivity contribution in [2.24, 2.45) is 23.7 Å². The zero-order valence-corrected chi connectivity index (χ0v) is 28.3. The highest BCUT2D eigenvalue weighted by molar-refractivity contribution is 6.32. The van der Waals surface area contributed by atoms with Gasteiger partial charge in [0.2, 0.25) is 23.6 Å². The molecule has 1 N–H and O–H groups in total. The van der Waals surface area contributed by atoms with Gasteiger partial charge in [0, 0.05) is 22.6 Å². The molecular formula is C41H35ClN2O6. The number of imide groups is 2. The summed E-state index contributed by atoms with van der Waals surface area (Å²) in [5.41, 5.74) is 2.61.